The third-order valence-electron chi connectivity index (χ3n) is 2.78. The van der Waals surface area contributed by atoms with E-state index in [1.807, 2.05) is 19.0 Å². The topological polar surface area (TPSA) is 35.6 Å². The van der Waals surface area contributed by atoms with Crippen molar-refractivity contribution in [1.82, 2.24) is 15.1 Å². The Morgan fingerprint density at radius 3 is 2.87 bits per heavy atom. The van der Waals surface area contributed by atoms with E-state index in [2.05, 4.69) is 17.1 Å². The molecule has 4 heteroatoms. The van der Waals surface area contributed by atoms with Crippen LogP contribution in [0.5, 0.6) is 0 Å². The number of urea groups is 1. The molecule has 1 rings (SSSR count). The second-order valence-corrected chi connectivity index (χ2v) is 4.73. The fourth-order valence-corrected chi connectivity index (χ4v) is 1.87. The van der Waals surface area contributed by atoms with Crippen molar-refractivity contribution in [2.45, 2.75) is 19.8 Å². The van der Waals surface area contributed by atoms with E-state index < -0.39 is 0 Å². The Hall–Kier alpha value is -0.770. The summed E-state index contributed by atoms with van der Waals surface area (Å²) in [4.78, 5) is 15.7. The minimum Gasteiger partial charge on any atom is -0.337 e. The molecule has 88 valence electrons. The number of nitrogens with zero attached hydrogens (tertiary/aromatic N) is 2. The van der Waals surface area contributed by atoms with Crippen molar-refractivity contribution in [3.63, 3.8) is 0 Å². The van der Waals surface area contributed by atoms with E-state index in [1.54, 1.807) is 0 Å². The number of nitrogens with one attached hydrogen (secondary N) is 1. The van der Waals surface area contributed by atoms with Crippen molar-refractivity contribution >= 4 is 6.03 Å². The lowest BCUT2D eigenvalue weighted by Gasteiger charge is -2.31. The molecule has 1 fully saturated rings. The van der Waals surface area contributed by atoms with E-state index in [4.69, 9.17) is 0 Å². The standard InChI is InChI=1S/C11H23N3O/c1-10-5-4-7-14(9-10)11(15)12-6-8-13(2)3/h10H,4-9H2,1-3H3,(H,12,15). The molecule has 1 unspecified atom stereocenters. The number of carbonyl (C=O) groups is 1. The molecular weight excluding hydrogens is 190 g/mol. The van der Waals surface area contributed by atoms with Crippen molar-refractivity contribution in [2.24, 2.45) is 5.92 Å². The van der Waals surface area contributed by atoms with Gasteiger partial charge in [-0.1, -0.05) is 6.92 Å². The minimum absolute atomic E-state index is 0.100. The zero-order valence-corrected chi connectivity index (χ0v) is 10.1. The molecule has 1 atom stereocenters. The number of carbonyl (C=O) groups excluding carboxylic acids is 1. The van der Waals surface area contributed by atoms with Crippen LogP contribution in [0.2, 0.25) is 0 Å². The van der Waals surface area contributed by atoms with Gasteiger partial charge in [-0.2, -0.15) is 0 Å². The summed E-state index contributed by atoms with van der Waals surface area (Å²) in [5.74, 6) is 0.651. The van der Waals surface area contributed by atoms with Gasteiger partial charge in [-0.05, 0) is 32.9 Å². The summed E-state index contributed by atoms with van der Waals surface area (Å²) in [5, 5.41) is 2.95. The summed E-state index contributed by atoms with van der Waals surface area (Å²) in [6, 6.07) is 0.100. The van der Waals surface area contributed by atoms with Crippen LogP contribution in [0.3, 0.4) is 0 Å². The first-order valence-corrected chi connectivity index (χ1v) is 5.77. The summed E-state index contributed by atoms with van der Waals surface area (Å²) < 4.78 is 0. The SMILES string of the molecule is CC1CCCN(C(=O)NCCN(C)C)C1. The van der Waals surface area contributed by atoms with Crippen molar-refractivity contribution in [3.05, 3.63) is 0 Å². The van der Waals surface area contributed by atoms with Gasteiger partial charge in [0.05, 0.1) is 0 Å². The average Bonchev–Trinajstić information content (AvgIpc) is 2.17. The number of piperidine rings is 1. The highest BCUT2D eigenvalue weighted by Gasteiger charge is 2.20. The van der Waals surface area contributed by atoms with Crippen molar-refractivity contribution in [1.29, 1.82) is 0 Å². The van der Waals surface area contributed by atoms with Gasteiger partial charge in [-0.25, -0.2) is 4.79 Å². The Morgan fingerprint density at radius 1 is 1.53 bits per heavy atom. The predicted molar refractivity (Wildman–Crippen MR) is 61.9 cm³/mol. The molecule has 15 heavy (non-hydrogen) atoms. The second kappa shape index (κ2) is 5.95. The van der Waals surface area contributed by atoms with E-state index in [9.17, 15) is 4.79 Å². The van der Waals surface area contributed by atoms with Gasteiger partial charge in [0.15, 0.2) is 0 Å². The first-order chi connectivity index (χ1) is 7.09. The van der Waals surface area contributed by atoms with Gasteiger partial charge >= 0.3 is 6.03 Å². The maximum absolute atomic E-state index is 11.7. The van der Waals surface area contributed by atoms with Gasteiger partial charge in [0.2, 0.25) is 0 Å². The fraction of sp³-hybridized carbons (Fsp3) is 0.909. The average molecular weight is 213 g/mol. The van der Waals surface area contributed by atoms with Crippen molar-refractivity contribution < 1.29 is 4.79 Å². The molecule has 0 saturated carbocycles. The van der Waals surface area contributed by atoms with Crippen LogP contribution in [0.25, 0.3) is 0 Å². The molecule has 0 aromatic heterocycles. The van der Waals surface area contributed by atoms with Crippen molar-refractivity contribution in [3.8, 4) is 0 Å². The van der Waals surface area contributed by atoms with E-state index in [0.717, 1.165) is 32.6 Å². The number of likely N-dealkylation sites (tertiary alicyclic amines) is 1. The van der Waals surface area contributed by atoms with E-state index in [1.165, 1.54) is 6.42 Å². The lowest BCUT2D eigenvalue weighted by Crippen LogP contribution is -2.46. The largest absolute Gasteiger partial charge is 0.337 e. The minimum atomic E-state index is 0.100. The molecule has 2 amide bonds. The molecule has 0 aromatic rings. The molecular formula is C11H23N3O. The molecule has 1 N–H and O–H groups in total. The van der Waals surface area contributed by atoms with Gasteiger partial charge < -0.3 is 15.1 Å². The lowest BCUT2D eigenvalue weighted by molar-refractivity contribution is 0.169. The smallest absolute Gasteiger partial charge is 0.317 e. The molecule has 1 aliphatic heterocycles. The third-order valence-corrected chi connectivity index (χ3v) is 2.78. The molecule has 0 bridgehead atoms. The van der Waals surface area contributed by atoms with Gasteiger partial charge in [0, 0.05) is 26.2 Å². The summed E-state index contributed by atoms with van der Waals surface area (Å²) in [5.41, 5.74) is 0. The Morgan fingerprint density at radius 2 is 2.27 bits per heavy atom. The number of likely N-dealkylation sites (N-methyl/N-ethyl adjacent to an activating group) is 1. The van der Waals surface area contributed by atoms with Crippen LogP contribution in [-0.4, -0.2) is 56.1 Å². The normalized spacial score (nSPS) is 21.9. The van der Waals surface area contributed by atoms with Gasteiger partial charge in [-0.3, -0.25) is 0 Å². The number of amides is 2. The van der Waals surface area contributed by atoms with E-state index in [-0.39, 0.29) is 6.03 Å². The fourth-order valence-electron chi connectivity index (χ4n) is 1.87. The maximum Gasteiger partial charge on any atom is 0.317 e. The summed E-state index contributed by atoms with van der Waals surface area (Å²) in [6.07, 6.45) is 2.39. The van der Waals surface area contributed by atoms with Crippen LogP contribution >= 0.6 is 0 Å². The first kappa shape index (κ1) is 12.3. The quantitative estimate of drug-likeness (QED) is 0.759. The monoisotopic (exact) mass is 213 g/mol. The number of hydrogen-bond acceptors (Lipinski definition) is 2. The molecule has 1 saturated heterocycles. The van der Waals surface area contributed by atoms with E-state index in [0.29, 0.717) is 5.92 Å². The molecule has 0 radical (unpaired) electrons. The van der Waals surface area contributed by atoms with Gasteiger partial charge in [0.25, 0.3) is 0 Å². The maximum atomic E-state index is 11.7. The van der Waals surface area contributed by atoms with Gasteiger partial charge in [-0.15, -0.1) is 0 Å². The number of hydrogen-bond donors (Lipinski definition) is 1. The van der Waals surface area contributed by atoms with Crippen LogP contribution in [0.4, 0.5) is 4.79 Å². The summed E-state index contributed by atoms with van der Waals surface area (Å²) in [7, 11) is 4.02. The predicted octanol–water partition coefficient (Wildman–Crippen LogP) is 0.989. The summed E-state index contributed by atoms with van der Waals surface area (Å²) in [6.45, 7) is 5.66. The molecule has 4 nitrogen and oxygen atoms in total. The number of rotatable bonds is 3. The Labute approximate surface area is 92.6 Å². The first-order valence-electron chi connectivity index (χ1n) is 5.77. The van der Waals surface area contributed by atoms with Crippen LogP contribution in [0, 0.1) is 5.92 Å². The highest BCUT2D eigenvalue weighted by molar-refractivity contribution is 5.74. The van der Waals surface area contributed by atoms with Crippen LogP contribution < -0.4 is 5.32 Å². The lowest BCUT2D eigenvalue weighted by atomic mass is 10.0. The molecule has 0 aliphatic carbocycles. The van der Waals surface area contributed by atoms with Crippen LogP contribution in [-0.2, 0) is 0 Å². The van der Waals surface area contributed by atoms with Crippen molar-refractivity contribution in [2.75, 3.05) is 40.3 Å². The molecule has 0 aromatic carbocycles. The van der Waals surface area contributed by atoms with Gasteiger partial charge in [0.1, 0.15) is 0 Å². The highest BCUT2D eigenvalue weighted by Crippen LogP contribution is 2.14. The summed E-state index contributed by atoms with van der Waals surface area (Å²) >= 11 is 0. The second-order valence-electron chi connectivity index (χ2n) is 4.73. The van der Waals surface area contributed by atoms with E-state index >= 15 is 0 Å². The molecule has 1 heterocycles. The van der Waals surface area contributed by atoms with Crippen LogP contribution in [0.15, 0.2) is 0 Å². The zero-order valence-electron chi connectivity index (χ0n) is 10.1. The molecule has 1 aliphatic rings. The Balaban J connectivity index is 2.21. The Kier molecular flexibility index (Phi) is 4.88. The van der Waals surface area contributed by atoms with Crippen LogP contribution in [0.1, 0.15) is 19.8 Å². The zero-order chi connectivity index (χ0) is 11.3. The third kappa shape index (κ3) is 4.51. The Bertz CT molecular complexity index is 206. The highest BCUT2D eigenvalue weighted by atomic mass is 16.2. The molecule has 0 spiro atoms.